The first-order chi connectivity index (χ1) is 15.6. The zero-order chi connectivity index (χ0) is 21.9. The lowest BCUT2D eigenvalue weighted by atomic mass is 9.56. The number of pyridine rings is 1. The van der Waals surface area contributed by atoms with Crippen molar-refractivity contribution >= 4 is 0 Å². The monoisotopic (exact) mass is 421 g/mol. The standard InChI is InChI=1S/C26H23N5O/c1-16-22-10-9-21-23(18-4-3-11-28-14-18)30-31(20-7-5-17(13-27)6-8-20)25(21)26(22,2)12-19-15-29-32-24(16)19/h3-8,11,14-16,22H,9-10,12H2,1-2H3/t16-,22-,26-/m1/s1. The summed E-state index contributed by atoms with van der Waals surface area (Å²) in [7, 11) is 0. The van der Waals surface area contributed by atoms with Crippen molar-refractivity contribution < 1.29 is 4.52 Å². The predicted octanol–water partition coefficient (Wildman–Crippen LogP) is 4.97. The van der Waals surface area contributed by atoms with Gasteiger partial charge in [0.1, 0.15) is 5.76 Å². The van der Waals surface area contributed by atoms with E-state index >= 15 is 0 Å². The fourth-order valence-corrected chi connectivity index (χ4v) is 6.04. The maximum Gasteiger partial charge on any atom is 0.143 e. The molecule has 6 heteroatoms. The summed E-state index contributed by atoms with van der Waals surface area (Å²) in [5.41, 5.74) is 7.30. The van der Waals surface area contributed by atoms with E-state index < -0.39 is 0 Å². The van der Waals surface area contributed by atoms with Crippen LogP contribution in [0.4, 0.5) is 0 Å². The van der Waals surface area contributed by atoms with E-state index in [1.165, 1.54) is 16.8 Å². The van der Waals surface area contributed by atoms with Gasteiger partial charge in [-0.2, -0.15) is 10.4 Å². The van der Waals surface area contributed by atoms with Gasteiger partial charge in [0.05, 0.1) is 34.9 Å². The lowest BCUT2D eigenvalue weighted by Crippen LogP contribution is -2.45. The summed E-state index contributed by atoms with van der Waals surface area (Å²) in [5, 5.41) is 18.5. The number of rotatable bonds is 2. The van der Waals surface area contributed by atoms with Crippen LogP contribution in [0.15, 0.2) is 59.5 Å². The Morgan fingerprint density at radius 1 is 1.19 bits per heavy atom. The molecule has 0 radical (unpaired) electrons. The number of hydrogen-bond acceptors (Lipinski definition) is 5. The average molecular weight is 422 g/mol. The maximum atomic E-state index is 9.25. The molecule has 0 unspecified atom stereocenters. The van der Waals surface area contributed by atoms with E-state index in [4.69, 9.17) is 9.62 Å². The van der Waals surface area contributed by atoms with Crippen LogP contribution in [0.5, 0.6) is 0 Å². The fraction of sp³-hybridized carbons (Fsp3) is 0.308. The Morgan fingerprint density at radius 2 is 2.03 bits per heavy atom. The van der Waals surface area contributed by atoms with Crippen LogP contribution >= 0.6 is 0 Å². The molecule has 0 N–H and O–H groups in total. The highest BCUT2D eigenvalue weighted by molar-refractivity contribution is 5.66. The molecule has 2 aliphatic rings. The second-order valence-electron chi connectivity index (χ2n) is 9.23. The van der Waals surface area contributed by atoms with E-state index in [0.29, 0.717) is 17.4 Å². The van der Waals surface area contributed by atoms with E-state index in [1.54, 1.807) is 6.20 Å². The molecule has 6 rings (SSSR count). The van der Waals surface area contributed by atoms with Crippen molar-refractivity contribution in [3.63, 3.8) is 0 Å². The first-order valence-corrected chi connectivity index (χ1v) is 11.1. The fourth-order valence-electron chi connectivity index (χ4n) is 6.04. The van der Waals surface area contributed by atoms with Gasteiger partial charge in [0.15, 0.2) is 0 Å². The summed E-state index contributed by atoms with van der Waals surface area (Å²) in [6.45, 7) is 4.64. The Kier molecular flexibility index (Phi) is 4.09. The van der Waals surface area contributed by atoms with Gasteiger partial charge in [-0.1, -0.05) is 19.0 Å². The SMILES string of the molecule is C[C@H]1c2oncc2C[C@@]2(C)c3c(c(-c4cccnc4)nn3-c3ccc(C#N)cc3)CC[C@H]12. The summed E-state index contributed by atoms with van der Waals surface area (Å²) in [6.07, 6.45) is 8.48. The van der Waals surface area contributed by atoms with Crippen molar-refractivity contribution in [2.45, 2.75) is 44.4 Å². The Morgan fingerprint density at radius 3 is 2.78 bits per heavy atom. The second-order valence-corrected chi connectivity index (χ2v) is 9.23. The van der Waals surface area contributed by atoms with E-state index in [9.17, 15) is 5.26 Å². The van der Waals surface area contributed by atoms with Crippen LogP contribution in [0.25, 0.3) is 16.9 Å². The van der Waals surface area contributed by atoms with Gasteiger partial charge in [0.25, 0.3) is 0 Å². The van der Waals surface area contributed by atoms with Gasteiger partial charge in [0.2, 0.25) is 0 Å². The van der Waals surface area contributed by atoms with Crippen LogP contribution in [0, 0.1) is 17.2 Å². The molecule has 32 heavy (non-hydrogen) atoms. The van der Waals surface area contributed by atoms with Gasteiger partial charge < -0.3 is 4.52 Å². The number of fused-ring (bicyclic) bond motifs is 4. The number of benzene rings is 1. The van der Waals surface area contributed by atoms with Gasteiger partial charge >= 0.3 is 0 Å². The number of aromatic nitrogens is 4. The Balaban J connectivity index is 1.60. The largest absolute Gasteiger partial charge is 0.361 e. The van der Waals surface area contributed by atoms with Crippen LogP contribution in [0.3, 0.4) is 0 Å². The molecule has 4 aromatic rings. The molecular formula is C26H23N5O. The van der Waals surface area contributed by atoms with Crippen LogP contribution < -0.4 is 0 Å². The van der Waals surface area contributed by atoms with Crippen molar-refractivity contribution in [3.05, 3.63) is 83.1 Å². The molecule has 6 nitrogen and oxygen atoms in total. The van der Waals surface area contributed by atoms with Crippen molar-refractivity contribution in [3.8, 4) is 23.0 Å². The first-order valence-electron chi connectivity index (χ1n) is 11.1. The van der Waals surface area contributed by atoms with E-state index in [0.717, 1.165) is 42.0 Å². The molecule has 0 fully saturated rings. The number of nitriles is 1. The van der Waals surface area contributed by atoms with Crippen LogP contribution in [0.2, 0.25) is 0 Å². The van der Waals surface area contributed by atoms with E-state index in [1.807, 2.05) is 42.7 Å². The topological polar surface area (TPSA) is 80.5 Å². The third kappa shape index (κ3) is 2.61. The summed E-state index contributed by atoms with van der Waals surface area (Å²) in [5.74, 6) is 1.77. The molecule has 158 valence electrons. The van der Waals surface area contributed by atoms with Crippen molar-refractivity contribution in [1.82, 2.24) is 19.9 Å². The Hall–Kier alpha value is -3.72. The third-order valence-corrected chi connectivity index (χ3v) is 7.48. The molecule has 0 bridgehead atoms. The van der Waals surface area contributed by atoms with Crippen LogP contribution in [-0.2, 0) is 18.3 Å². The van der Waals surface area contributed by atoms with Crippen molar-refractivity contribution in [2.75, 3.05) is 0 Å². The van der Waals surface area contributed by atoms with E-state index in [2.05, 4.69) is 40.8 Å². The summed E-state index contributed by atoms with van der Waals surface area (Å²) in [6, 6.07) is 13.9. The highest BCUT2D eigenvalue weighted by atomic mass is 16.5. The Bertz CT molecular complexity index is 1350. The molecule has 3 atom stereocenters. The lowest BCUT2D eigenvalue weighted by molar-refractivity contribution is 0.170. The molecule has 0 amide bonds. The molecular weight excluding hydrogens is 398 g/mol. The minimum Gasteiger partial charge on any atom is -0.361 e. The quantitative estimate of drug-likeness (QED) is 0.456. The first kappa shape index (κ1) is 19.0. The third-order valence-electron chi connectivity index (χ3n) is 7.48. The zero-order valence-electron chi connectivity index (χ0n) is 18.1. The summed E-state index contributed by atoms with van der Waals surface area (Å²) < 4.78 is 7.76. The predicted molar refractivity (Wildman–Crippen MR) is 119 cm³/mol. The number of nitrogens with zero attached hydrogens (tertiary/aromatic N) is 5. The highest BCUT2D eigenvalue weighted by Gasteiger charge is 2.51. The van der Waals surface area contributed by atoms with Crippen LogP contribution in [0.1, 0.15) is 54.3 Å². The maximum absolute atomic E-state index is 9.25. The molecule has 2 aliphatic carbocycles. The van der Waals surface area contributed by atoms with Gasteiger partial charge in [-0.3, -0.25) is 4.98 Å². The molecule has 0 saturated carbocycles. The molecule has 3 aromatic heterocycles. The lowest BCUT2D eigenvalue weighted by Gasteiger charge is -2.47. The van der Waals surface area contributed by atoms with Gasteiger partial charge in [0, 0.05) is 40.4 Å². The summed E-state index contributed by atoms with van der Waals surface area (Å²) >= 11 is 0. The van der Waals surface area contributed by atoms with Crippen molar-refractivity contribution in [1.29, 1.82) is 5.26 Å². The Labute approximate surface area is 186 Å². The average Bonchev–Trinajstić information content (AvgIpc) is 3.45. The minimum atomic E-state index is -0.104. The normalized spacial score (nSPS) is 23.7. The van der Waals surface area contributed by atoms with E-state index in [-0.39, 0.29) is 5.41 Å². The van der Waals surface area contributed by atoms with Gasteiger partial charge in [-0.05, 0) is 61.6 Å². The highest BCUT2D eigenvalue weighted by Crippen LogP contribution is 2.55. The molecule has 1 aromatic carbocycles. The smallest absolute Gasteiger partial charge is 0.143 e. The molecule has 0 saturated heterocycles. The van der Waals surface area contributed by atoms with Gasteiger partial charge in [-0.25, -0.2) is 4.68 Å². The molecule has 0 spiro atoms. The minimum absolute atomic E-state index is 0.104. The molecule has 0 aliphatic heterocycles. The number of hydrogen-bond donors (Lipinski definition) is 0. The van der Waals surface area contributed by atoms with Crippen LogP contribution in [-0.4, -0.2) is 19.9 Å². The van der Waals surface area contributed by atoms with Gasteiger partial charge in [-0.15, -0.1) is 0 Å². The second kappa shape index (κ2) is 6.89. The summed E-state index contributed by atoms with van der Waals surface area (Å²) in [4.78, 5) is 4.34. The zero-order valence-corrected chi connectivity index (χ0v) is 18.1. The van der Waals surface area contributed by atoms with Crippen molar-refractivity contribution in [2.24, 2.45) is 5.92 Å². The molecule has 3 heterocycles.